The summed E-state index contributed by atoms with van der Waals surface area (Å²) in [4.78, 5) is 32.3. The predicted octanol–water partition coefficient (Wildman–Crippen LogP) is 6.28. The first-order valence-electron chi connectivity index (χ1n) is 12.2. The molecule has 1 fully saturated rings. The molecule has 0 radical (unpaired) electrons. The number of carbonyl (C=O) groups excluding carboxylic acids is 2. The van der Waals surface area contributed by atoms with Crippen molar-refractivity contribution in [2.45, 2.75) is 23.6 Å². The Labute approximate surface area is 224 Å². The number of aromatic nitrogens is 1. The second-order valence-electron chi connectivity index (χ2n) is 8.75. The maximum atomic E-state index is 12.7. The van der Waals surface area contributed by atoms with Crippen LogP contribution in [-0.4, -0.2) is 42.8 Å². The molecule has 1 aliphatic rings. The van der Waals surface area contributed by atoms with E-state index in [2.05, 4.69) is 32.7 Å². The molecule has 0 unspecified atom stereocenters. The quantitative estimate of drug-likeness (QED) is 0.260. The van der Waals surface area contributed by atoms with Gasteiger partial charge in [0.1, 0.15) is 5.75 Å². The van der Waals surface area contributed by atoms with Crippen LogP contribution in [0.5, 0.6) is 5.75 Å². The molecule has 3 aromatic carbocycles. The molecule has 2 N–H and O–H groups in total. The van der Waals surface area contributed by atoms with Crippen molar-refractivity contribution in [3.8, 4) is 5.75 Å². The van der Waals surface area contributed by atoms with Crippen LogP contribution in [-0.2, 0) is 4.79 Å². The third-order valence-electron chi connectivity index (χ3n) is 6.18. The number of methoxy groups -OCH3 is 1. The SMILES string of the molecule is COc1ccccc1C(=O)Nc1ccc2nc(SCC(=O)Nc3ccc(N4CCCCC4)cc3)sc2c1. The number of thioether (sulfide) groups is 1. The summed E-state index contributed by atoms with van der Waals surface area (Å²) in [6, 6.07) is 20.8. The zero-order chi connectivity index (χ0) is 25.6. The van der Waals surface area contributed by atoms with Crippen molar-refractivity contribution >= 4 is 62.2 Å². The molecule has 0 spiro atoms. The number of rotatable bonds is 8. The number of hydrogen-bond acceptors (Lipinski definition) is 7. The normalized spacial score (nSPS) is 13.4. The lowest BCUT2D eigenvalue weighted by molar-refractivity contribution is -0.113. The zero-order valence-corrected chi connectivity index (χ0v) is 22.2. The highest BCUT2D eigenvalue weighted by Crippen LogP contribution is 2.32. The lowest BCUT2D eigenvalue weighted by Crippen LogP contribution is -2.29. The molecule has 190 valence electrons. The van der Waals surface area contributed by atoms with Crippen molar-refractivity contribution in [2.75, 3.05) is 41.5 Å². The molecule has 1 aliphatic heterocycles. The maximum Gasteiger partial charge on any atom is 0.259 e. The number of amides is 2. The van der Waals surface area contributed by atoms with Gasteiger partial charge in [-0.15, -0.1) is 11.3 Å². The number of para-hydroxylation sites is 1. The fraction of sp³-hybridized carbons (Fsp3) is 0.250. The van der Waals surface area contributed by atoms with Gasteiger partial charge in [-0.1, -0.05) is 23.9 Å². The van der Waals surface area contributed by atoms with E-state index in [0.717, 1.165) is 33.3 Å². The van der Waals surface area contributed by atoms with Crippen LogP contribution in [0.25, 0.3) is 10.2 Å². The van der Waals surface area contributed by atoms with E-state index in [-0.39, 0.29) is 17.6 Å². The molecular weight excluding hydrogens is 504 g/mol. The minimum absolute atomic E-state index is 0.0697. The van der Waals surface area contributed by atoms with Gasteiger partial charge in [0.05, 0.1) is 28.6 Å². The number of carbonyl (C=O) groups is 2. The minimum atomic E-state index is -0.239. The van der Waals surface area contributed by atoms with Crippen LogP contribution in [0.4, 0.5) is 17.1 Å². The van der Waals surface area contributed by atoms with Gasteiger partial charge < -0.3 is 20.3 Å². The number of nitrogens with one attached hydrogen (secondary N) is 2. The molecule has 0 saturated carbocycles. The smallest absolute Gasteiger partial charge is 0.259 e. The highest BCUT2D eigenvalue weighted by Gasteiger charge is 2.14. The third-order valence-corrected chi connectivity index (χ3v) is 8.34. The first kappa shape index (κ1) is 25.1. The third kappa shape index (κ3) is 6.23. The van der Waals surface area contributed by atoms with E-state index in [1.54, 1.807) is 25.3 Å². The molecule has 0 atom stereocenters. The number of ether oxygens (including phenoxy) is 1. The van der Waals surface area contributed by atoms with Gasteiger partial charge in [-0.2, -0.15) is 0 Å². The van der Waals surface area contributed by atoms with Gasteiger partial charge in [0.2, 0.25) is 5.91 Å². The highest BCUT2D eigenvalue weighted by atomic mass is 32.2. The fourth-order valence-corrected chi connectivity index (χ4v) is 6.21. The number of thiazole rings is 1. The Morgan fingerprint density at radius 1 is 0.973 bits per heavy atom. The van der Waals surface area contributed by atoms with E-state index >= 15 is 0 Å². The van der Waals surface area contributed by atoms with Crippen LogP contribution in [0.15, 0.2) is 71.1 Å². The summed E-state index contributed by atoms with van der Waals surface area (Å²) < 4.78 is 7.03. The van der Waals surface area contributed by atoms with Crippen molar-refractivity contribution in [3.63, 3.8) is 0 Å². The summed E-state index contributed by atoms with van der Waals surface area (Å²) in [5.41, 5.74) is 3.98. The Morgan fingerprint density at radius 3 is 2.51 bits per heavy atom. The Balaban J connectivity index is 1.16. The maximum absolute atomic E-state index is 12.7. The minimum Gasteiger partial charge on any atom is -0.496 e. The van der Waals surface area contributed by atoms with Gasteiger partial charge in [0.15, 0.2) is 4.34 Å². The average molecular weight is 533 g/mol. The van der Waals surface area contributed by atoms with Crippen LogP contribution in [0.1, 0.15) is 29.6 Å². The number of nitrogens with zero attached hydrogens (tertiary/aromatic N) is 2. The molecule has 37 heavy (non-hydrogen) atoms. The molecule has 0 aliphatic carbocycles. The Bertz CT molecular complexity index is 1400. The van der Waals surface area contributed by atoms with Crippen molar-refractivity contribution in [2.24, 2.45) is 0 Å². The first-order valence-corrected chi connectivity index (χ1v) is 14.0. The predicted molar refractivity (Wildman–Crippen MR) is 152 cm³/mol. The molecular formula is C28H28N4O3S2. The Morgan fingerprint density at radius 2 is 1.73 bits per heavy atom. The van der Waals surface area contributed by atoms with E-state index in [1.807, 2.05) is 36.4 Å². The van der Waals surface area contributed by atoms with Crippen LogP contribution < -0.4 is 20.3 Å². The van der Waals surface area contributed by atoms with E-state index in [9.17, 15) is 9.59 Å². The molecule has 5 rings (SSSR count). The summed E-state index contributed by atoms with van der Waals surface area (Å²) in [5, 5.41) is 5.90. The molecule has 7 nitrogen and oxygen atoms in total. The first-order chi connectivity index (χ1) is 18.1. The van der Waals surface area contributed by atoms with Gasteiger partial charge in [-0.05, 0) is 73.9 Å². The number of piperidine rings is 1. The zero-order valence-electron chi connectivity index (χ0n) is 20.5. The second-order valence-corrected chi connectivity index (χ2v) is 11.0. The average Bonchev–Trinajstić information content (AvgIpc) is 3.35. The lowest BCUT2D eigenvalue weighted by Gasteiger charge is -2.28. The Hall–Kier alpha value is -3.56. The van der Waals surface area contributed by atoms with Crippen LogP contribution in [0, 0.1) is 0 Å². The topological polar surface area (TPSA) is 83.6 Å². The number of hydrogen-bond donors (Lipinski definition) is 2. The summed E-state index contributed by atoms with van der Waals surface area (Å²) in [7, 11) is 1.54. The van der Waals surface area contributed by atoms with Crippen molar-refractivity contribution in [3.05, 3.63) is 72.3 Å². The van der Waals surface area contributed by atoms with E-state index in [4.69, 9.17) is 4.74 Å². The monoisotopic (exact) mass is 532 g/mol. The van der Waals surface area contributed by atoms with Crippen molar-refractivity contribution in [1.82, 2.24) is 4.98 Å². The Kier molecular flexibility index (Phi) is 7.91. The van der Waals surface area contributed by atoms with Gasteiger partial charge >= 0.3 is 0 Å². The van der Waals surface area contributed by atoms with Gasteiger partial charge in [-0.3, -0.25) is 9.59 Å². The molecule has 2 amide bonds. The fourth-order valence-electron chi connectivity index (χ4n) is 4.31. The largest absolute Gasteiger partial charge is 0.496 e. The molecule has 0 bridgehead atoms. The second kappa shape index (κ2) is 11.7. The van der Waals surface area contributed by atoms with E-state index < -0.39 is 0 Å². The number of benzene rings is 3. The standard InChI is InChI=1S/C28H28N4O3S2/c1-35-24-8-4-3-7-22(24)27(34)30-20-11-14-23-25(17-20)37-28(31-23)36-18-26(33)29-19-9-12-21(13-10-19)32-15-5-2-6-16-32/h3-4,7-14,17H,2,5-6,15-16,18H2,1H3,(H,29,33)(H,30,34). The van der Waals surface area contributed by atoms with Crippen molar-refractivity contribution in [1.29, 1.82) is 0 Å². The molecule has 4 aromatic rings. The number of fused-ring (bicyclic) bond motifs is 1. The summed E-state index contributed by atoms with van der Waals surface area (Å²) in [5.74, 6) is 0.482. The van der Waals surface area contributed by atoms with E-state index in [0.29, 0.717) is 17.0 Å². The molecule has 2 heterocycles. The molecule has 1 saturated heterocycles. The summed E-state index contributed by atoms with van der Waals surface area (Å²) >= 11 is 2.90. The summed E-state index contributed by atoms with van der Waals surface area (Å²) in [6.07, 6.45) is 3.78. The van der Waals surface area contributed by atoms with Crippen molar-refractivity contribution < 1.29 is 14.3 Å². The van der Waals surface area contributed by atoms with Crippen LogP contribution in [0.2, 0.25) is 0 Å². The molecule has 1 aromatic heterocycles. The van der Waals surface area contributed by atoms with Gasteiger partial charge in [0.25, 0.3) is 5.91 Å². The van der Waals surface area contributed by atoms with Gasteiger partial charge in [-0.25, -0.2) is 4.98 Å². The highest BCUT2D eigenvalue weighted by molar-refractivity contribution is 8.01. The lowest BCUT2D eigenvalue weighted by atomic mass is 10.1. The van der Waals surface area contributed by atoms with Crippen LogP contribution >= 0.6 is 23.1 Å². The van der Waals surface area contributed by atoms with E-state index in [1.165, 1.54) is 48.0 Å². The summed E-state index contributed by atoms with van der Waals surface area (Å²) in [6.45, 7) is 2.19. The van der Waals surface area contributed by atoms with Gasteiger partial charge in [0, 0.05) is 30.2 Å². The number of anilines is 3. The molecule has 9 heteroatoms. The van der Waals surface area contributed by atoms with Crippen LogP contribution in [0.3, 0.4) is 0 Å².